The van der Waals surface area contributed by atoms with Crippen LogP contribution in [0.1, 0.15) is 76.6 Å². The number of amides is 9. The van der Waals surface area contributed by atoms with Crippen molar-refractivity contribution in [3.63, 3.8) is 0 Å². The summed E-state index contributed by atoms with van der Waals surface area (Å²) in [6.07, 6.45) is 6.02. The molecule has 0 aliphatic heterocycles. The number of para-hydroxylation sites is 1. The summed E-state index contributed by atoms with van der Waals surface area (Å²) in [5.74, 6) is -7.66. The number of thiol groups is 2. The molecule has 418 valence electrons. The quantitative estimate of drug-likeness (QED) is 0.0122. The summed E-state index contributed by atoms with van der Waals surface area (Å²) in [5, 5.41) is 22.2. The van der Waals surface area contributed by atoms with Gasteiger partial charge < -0.3 is 69.7 Å². The van der Waals surface area contributed by atoms with Crippen molar-refractivity contribution in [3.05, 3.63) is 90.1 Å². The molecule has 0 radical (unpaired) electrons. The molecule has 77 heavy (non-hydrogen) atoms. The van der Waals surface area contributed by atoms with E-state index in [1.54, 1.807) is 50.4 Å². The monoisotopic (exact) mass is 1100 g/mol. The number of nitrogens with one attached hydrogen (secondary N) is 10. The fourth-order valence-corrected chi connectivity index (χ4v) is 8.65. The zero-order chi connectivity index (χ0) is 56.6. The summed E-state index contributed by atoms with van der Waals surface area (Å²) in [6.45, 7) is 6.60. The number of guanidine groups is 1. The Hall–Kier alpha value is -7.61. The molecule has 2 aromatic carbocycles. The number of primary amides is 1. The van der Waals surface area contributed by atoms with Crippen LogP contribution in [-0.4, -0.2) is 140 Å². The Morgan fingerprint density at radius 3 is 1.69 bits per heavy atom. The van der Waals surface area contributed by atoms with Crippen molar-refractivity contribution in [3.8, 4) is 0 Å². The Kier molecular flexibility index (Phi) is 25.3. The van der Waals surface area contributed by atoms with Gasteiger partial charge in [-0.2, -0.15) is 25.3 Å². The second-order valence-electron chi connectivity index (χ2n) is 18.7. The van der Waals surface area contributed by atoms with Crippen molar-refractivity contribution in [2.75, 3.05) is 18.1 Å². The molecule has 0 saturated carbocycles. The van der Waals surface area contributed by atoms with Gasteiger partial charge in [0.25, 0.3) is 0 Å². The average molecular weight is 1100 g/mol. The third-order valence-electron chi connectivity index (χ3n) is 12.3. The number of aromatic amines is 2. The van der Waals surface area contributed by atoms with Gasteiger partial charge in [0, 0.05) is 73.2 Å². The minimum Gasteiger partial charge on any atom is -0.370 e. The number of fused-ring (bicyclic) bond motifs is 1. The van der Waals surface area contributed by atoms with Gasteiger partial charge in [-0.1, -0.05) is 82.1 Å². The Labute approximate surface area is 457 Å². The molecule has 8 atom stereocenters. The largest absolute Gasteiger partial charge is 0.370 e. The van der Waals surface area contributed by atoms with Crippen molar-refractivity contribution in [1.82, 2.24) is 57.5 Å². The number of imidazole rings is 1. The molecule has 0 fully saturated rings. The van der Waals surface area contributed by atoms with Crippen LogP contribution in [0.4, 0.5) is 0 Å². The van der Waals surface area contributed by atoms with Gasteiger partial charge in [0.05, 0.1) is 6.33 Å². The maximum absolute atomic E-state index is 14.7. The number of carbonyl (C=O) groups excluding carboxylic acids is 9. The van der Waals surface area contributed by atoms with Gasteiger partial charge in [0.2, 0.25) is 53.2 Å². The van der Waals surface area contributed by atoms with Crippen LogP contribution >= 0.6 is 25.3 Å². The van der Waals surface area contributed by atoms with Crippen LogP contribution in [0.5, 0.6) is 0 Å². The third kappa shape index (κ3) is 20.1. The lowest BCUT2D eigenvalue weighted by Crippen LogP contribution is -2.61. The molecule has 0 aliphatic rings. The lowest BCUT2D eigenvalue weighted by atomic mass is 10.0. The molecular weight excluding hydrogens is 1030 g/mol. The Morgan fingerprint density at radius 1 is 0.597 bits per heavy atom. The number of unbranched alkanes of at least 4 members (excludes halogenated alkanes) is 1. The van der Waals surface area contributed by atoms with E-state index >= 15 is 0 Å². The zero-order valence-electron chi connectivity index (χ0n) is 43.6. The number of carbonyl (C=O) groups is 9. The summed E-state index contributed by atoms with van der Waals surface area (Å²) in [4.78, 5) is 137. The smallest absolute Gasteiger partial charge is 0.244 e. The molecule has 0 spiro atoms. The van der Waals surface area contributed by atoms with Gasteiger partial charge in [-0.15, -0.1) is 0 Å². The topological polar surface area (TPSA) is 385 Å². The fourth-order valence-electron chi connectivity index (χ4n) is 8.12. The summed E-state index contributed by atoms with van der Waals surface area (Å²) in [7, 11) is 0. The van der Waals surface area contributed by atoms with E-state index in [1.165, 1.54) is 19.4 Å². The lowest BCUT2D eigenvalue weighted by molar-refractivity contribution is -0.136. The third-order valence-corrected chi connectivity index (χ3v) is 13.0. The summed E-state index contributed by atoms with van der Waals surface area (Å²) >= 11 is 8.44. The van der Waals surface area contributed by atoms with E-state index in [-0.39, 0.29) is 56.1 Å². The van der Waals surface area contributed by atoms with Crippen molar-refractivity contribution in [2.45, 2.75) is 127 Å². The molecule has 16 N–H and O–H groups in total. The number of H-pyrrole nitrogens is 2. The van der Waals surface area contributed by atoms with Crippen LogP contribution in [0.25, 0.3) is 10.9 Å². The number of rotatable bonds is 32. The van der Waals surface area contributed by atoms with Crippen LogP contribution < -0.4 is 59.7 Å². The second kappa shape index (κ2) is 31.4. The van der Waals surface area contributed by atoms with Crippen LogP contribution in [0.2, 0.25) is 0 Å². The molecular formula is C51H73N15O9S2. The lowest BCUT2D eigenvalue weighted by Gasteiger charge is -2.29. The first kappa shape index (κ1) is 61.9. The Morgan fingerprint density at radius 2 is 1.12 bits per heavy atom. The molecule has 4 aromatic rings. The van der Waals surface area contributed by atoms with E-state index in [9.17, 15) is 43.2 Å². The SMILES string of the molecule is CCCC[C@H](NC(C)=O)C(=O)N[C@@H](CS)C(=O)N[C@@H](C(=O)N[C@@H](Cc1cnc[nH]1)C(=O)N[C@H](Cc1ccccc1)C(=O)N[C@@H](CCCN=C(N)N)C(=O)N[C@@H](Cc1c[nH]c2ccccc12)C(=O)N[C@@H](CS)C(N)=O)C(C)C. The predicted octanol–water partition coefficient (Wildman–Crippen LogP) is -0.938. The number of aliphatic imine (C=N–C) groups is 1. The average Bonchev–Trinajstić information content (AvgIpc) is 4.08. The number of benzene rings is 2. The first-order valence-corrected chi connectivity index (χ1v) is 26.5. The van der Waals surface area contributed by atoms with E-state index in [1.807, 2.05) is 31.2 Å². The number of aromatic nitrogens is 3. The molecule has 2 aromatic heterocycles. The van der Waals surface area contributed by atoms with Crippen LogP contribution in [-0.2, 0) is 62.4 Å². The number of nitrogens with zero attached hydrogens (tertiary/aromatic N) is 2. The molecule has 4 rings (SSSR count). The van der Waals surface area contributed by atoms with Crippen molar-refractivity contribution < 1.29 is 43.2 Å². The fraction of sp³-hybridized carbons (Fsp3) is 0.471. The van der Waals surface area contributed by atoms with Gasteiger partial charge >= 0.3 is 0 Å². The standard InChI is InChI=1S/C51H73N15O9S2/c1-5-6-16-35(59-29(4)67)44(69)65-41(26-77)49(74)66-42(28(2)3)50(75)63-39(22-32-24-55-27-58-32)48(73)61-37(20-30-13-8-7-9-14-30)46(71)60-36(18-12-19-56-51(53)54)45(70)62-38(47(72)64-40(25-76)43(52)68)21-31-23-57-34-17-11-10-15-33(31)34/h7-11,13-15,17,23-24,27-28,35-42,57,76-77H,5-6,12,16,18-22,25-26H2,1-4H3,(H2,52,68)(H,55,58)(H,59,67)(H,60,71)(H,61,73)(H,62,70)(H,63,75)(H,64,72)(H,65,69)(H,66,74)(H4,53,54,56)/t35-,36-,37+,38-,39-,40-,41-,42+/m0/s1. The van der Waals surface area contributed by atoms with Gasteiger partial charge in [-0.3, -0.25) is 48.1 Å². The van der Waals surface area contributed by atoms with E-state index < -0.39 is 107 Å². The maximum atomic E-state index is 14.7. The van der Waals surface area contributed by atoms with Crippen molar-refractivity contribution in [1.29, 1.82) is 0 Å². The molecule has 0 bridgehead atoms. The molecule has 0 saturated heterocycles. The van der Waals surface area contributed by atoms with Gasteiger partial charge in [-0.25, -0.2) is 4.98 Å². The molecule has 26 heteroatoms. The second-order valence-corrected chi connectivity index (χ2v) is 19.5. The van der Waals surface area contributed by atoms with E-state index in [0.29, 0.717) is 29.7 Å². The highest BCUT2D eigenvalue weighted by molar-refractivity contribution is 7.80. The van der Waals surface area contributed by atoms with Crippen molar-refractivity contribution >= 4 is 95.3 Å². The van der Waals surface area contributed by atoms with E-state index in [2.05, 4.69) is 87.7 Å². The summed E-state index contributed by atoms with van der Waals surface area (Å²) in [6, 6.07) is 5.99. The zero-order valence-corrected chi connectivity index (χ0v) is 45.4. The van der Waals surface area contributed by atoms with Crippen LogP contribution in [0, 0.1) is 5.92 Å². The van der Waals surface area contributed by atoms with Crippen LogP contribution in [0.15, 0.2) is 78.3 Å². The summed E-state index contributed by atoms with van der Waals surface area (Å²) < 4.78 is 0. The number of nitrogens with two attached hydrogens (primary N) is 3. The van der Waals surface area contributed by atoms with E-state index in [0.717, 1.165) is 17.3 Å². The first-order chi connectivity index (χ1) is 36.7. The molecule has 24 nitrogen and oxygen atoms in total. The normalized spacial score (nSPS) is 14.2. The first-order valence-electron chi connectivity index (χ1n) is 25.3. The van der Waals surface area contributed by atoms with E-state index in [4.69, 9.17) is 17.2 Å². The Bertz CT molecular complexity index is 2650. The van der Waals surface area contributed by atoms with Gasteiger partial charge in [0.15, 0.2) is 5.96 Å². The highest BCUT2D eigenvalue weighted by atomic mass is 32.1. The predicted molar refractivity (Wildman–Crippen MR) is 297 cm³/mol. The highest BCUT2D eigenvalue weighted by Gasteiger charge is 2.36. The maximum Gasteiger partial charge on any atom is 0.244 e. The molecule has 9 amide bonds. The summed E-state index contributed by atoms with van der Waals surface area (Å²) in [5.41, 5.74) is 19.1. The van der Waals surface area contributed by atoms with Crippen molar-refractivity contribution in [2.24, 2.45) is 28.1 Å². The minimum absolute atomic E-state index is 0.0579. The van der Waals surface area contributed by atoms with Crippen LogP contribution in [0.3, 0.4) is 0 Å². The number of hydrogen-bond donors (Lipinski definition) is 15. The molecule has 0 unspecified atom stereocenters. The highest BCUT2D eigenvalue weighted by Crippen LogP contribution is 2.20. The van der Waals surface area contributed by atoms with Gasteiger partial charge in [-0.05, 0) is 42.4 Å². The molecule has 2 heterocycles. The minimum atomic E-state index is -1.39. The molecule has 0 aliphatic carbocycles. The van der Waals surface area contributed by atoms with Gasteiger partial charge in [0.1, 0.15) is 48.3 Å². The number of hydrogen-bond acceptors (Lipinski definition) is 13. The Balaban J connectivity index is 1.64.